The summed E-state index contributed by atoms with van der Waals surface area (Å²) in [5.74, 6) is -0.0708. The van der Waals surface area contributed by atoms with Crippen LogP contribution in [0.1, 0.15) is 39.4 Å². The van der Waals surface area contributed by atoms with Crippen molar-refractivity contribution in [2.45, 2.75) is 41.2 Å². The Labute approximate surface area is 182 Å². The quantitative estimate of drug-likeness (QED) is 0.437. The minimum atomic E-state index is -0.566. The fraction of sp³-hybridized carbons (Fsp3) is 0.280. The summed E-state index contributed by atoms with van der Waals surface area (Å²) in [5, 5.41) is 2.82. The Kier molecular flexibility index (Phi) is 6.80. The molecular weight excluding hydrogens is 392 g/mol. The predicted molar refractivity (Wildman–Crippen MR) is 121 cm³/mol. The van der Waals surface area contributed by atoms with Crippen molar-refractivity contribution in [3.63, 3.8) is 0 Å². The lowest BCUT2D eigenvalue weighted by Gasteiger charge is -2.12. The van der Waals surface area contributed by atoms with Crippen LogP contribution in [0.25, 0.3) is 6.08 Å². The fourth-order valence-corrected chi connectivity index (χ4v) is 3.69. The summed E-state index contributed by atoms with van der Waals surface area (Å²) in [5.41, 5.74) is 6.82. The number of furan rings is 1. The SMILES string of the molecule is Cc1cc(C)c(NC(=O)COC(=O)C=Cc2cc(C)n(Cc3ccco3)c2C)c(C)c1. The van der Waals surface area contributed by atoms with Crippen molar-refractivity contribution in [1.29, 1.82) is 0 Å². The second-order valence-corrected chi connectivity index (χ2v) is 7.75. The number of benzene rings is 1. The van der Waals surface area contributed by atoms with Crippen molar-refractivity contribution in [1.82, 2.24) is 4.57 Å². The smallest absolute Gasteiger partial charge is 0.331 e. The molecule has 1 N–H and O–H groups in total. The minimum Gasteiger partial charge on any atom is -0.467 e. The van der Waals surface area contributed by atoms with Crippen LogP contribution >= 0.6 is 0 Å². The van der Waals surface area contributed by atoms with Crippen molar-refractivity contribution in [2.75, 3.05) is 11.9 Å². The van der Waals surface area contributed by atoms with Crippen molar-refractivity contribution >= 4 is 23.6 Å². The molecule has 0 aliphatic rings. The van der Waals surface area contributed by atoms with Crippen LogP contribution in [-0.2, 0) is 20.9 Å². The van der Waals surface area contributed by atoms with Gasteiger partial charge in [-0.15, -0.1) is 0 Å². The molecule has 2 heterocycles. The Morgan fingerprint density at radius 2 is 1.81 bits per heavy atom. The van der Waals surface area contributed by atoms with E-state index < -0.39 is 5.97 Å². The van der Waals surface area contributed by atoms with Crippen LogP contribution in [0.15, 0.2) is 47.1 Å². The average molecular weight is 421 g/mol. The van der Waals surface area contributed by atoms with E-state index in [2.05, 4.69) is 9.88 Å². The zero-order chi connectivity index (χ0) is 22.5. The Morgan fingerprint density at radius 1 is 1.10 bits per heavy atom. The number of carbonyl (C=O) groups excluding carboxylic acids is 2. The molecule has 0 bridgehead atoms. The fourth-order valence-electron chi connectivity index (χ4n) is 3.69. The van der Waals surface area contributed by atoms with Crippen molar-refractivity contribution in [3.05, 3.63) is 82.1 Å². The highest BCUT2D eigenvalue weighted by molar-refractivity contribution is 5.95. The molecule has 0 atom stereocenters. The van der Waals surface area contributed by atoms with E-state index in [4.69, 9.17) is 9.15 Å². The van der Waals surface area contributed by atoms with Gasteiger partial charge in [0.15, 0.2) is 6.61 Å². The summed E-state index contributed by atoms with van der Waals surface area (Å²) in [6.45, 7) is 10.2. The van der Waals surface area contributed by atoms with Gasteiger partial charge in [-0.2, -0.15) is 0 Å². The topological polar surface area (TPSA) is 73.5 Å². The standard InChI is InChI=1S/C25H28N2O4/c1-16-11-17(2)25(18(3)12-16)26-23(28)15-31-24(29)9-8-21-13-19(4)27(20(21)5)14-22-7-6-10-30-22/h6-13H,14-15H2,1-5H3,(H,26,28). The highest BCUT2D eigenvalue weighted by Gasteiger charge is 2.12. The first-order valence-electron chi connectivity index (χ1n) is 10.2. The Bertz CT molecular complexity index is 1100. The number of carbonyl (C=O) groups is 2. The zero-order valence-corrected chi connectivity index (χ0v) is 18.6. The third-order valence-electron chi connectivity index (χ3n) is 5.19. The Balaban J connectivity index is 1.57. The number of ether oxygens (including phenoxy) is 1. The molecule has 162 valence electrons. The van der Waals surface area contributed by atoms with Crippen LogP contribution in [0.2, 0.25) is 0 Å². The van der Waals surface area contributed by atoms with E-state index in [1.54, 1.807) is 12.3 Å². The number of rotatable bonds is 7. The first kappa shape index (κ1) is 22.2. The van der Waals surface area contributed by atoms with Gasteiger partial charge in [0.1, 0.15) is 5.76 Å². The Morgan fingerprint density at radius 3 is 2.45 bits per heavy atom. The largest absolute Gasteiger partial charge is 0.467 e. The number of nitrogens with zero attached hydrogens (tertiary/aromatic N) is 1. The molecule has 3 rings (SSSR count). The molecule has 0 saturated carbocycles. The van der Waals surface area contributed by atoms with Gasteiger partial charge < -0.3 is 19.0 Å². The maximum Gasteiger partial charge on any atom is 0.331 e. The maximum absolute atomic E-state index is 12.2. The van der Waals surface area contributed by atoms with E-state index in [1.165, 1.54) is 6.08 Å². The van der Waals surface area contributed by atoms with Gasteiger partial charge in [-0.05, 0) is 75.6 Å². The molecule has 6 nitrogen and oxygen atoms in total. The number of nitrogens with one attached hydrogen (secondary N) is 1. The van der Waals surface area contributed by atoms with Crippen LogP contribution in [0.4, 0.5) is 5.69 Å². The van der Waals surface area contributed by atoms with Crippen molar-refractivity contribution < 1.29 is 18.7 Å². The first-order chi connectivity index (χ1) is 14.7. The lowest BCUT2D eigenvalue weighted by atomic mass is 10.1. The van der Waals surface area contributed by atoms with Crippen LogP contribution in [-0.4, -0.2) is 23.1 Å². The molecular formula is C25H28N2O4. The number of esters is 1. The average Bonchev–Trinajstić information content (AvgIpc) is 3.31. The van der Waals surface area contributed by atoms with Gasteiger partial charge in [0.05, 0.1) is 12.8 Å². The van der Waals surface area contributed by atoms with Crippen LogP contribution < -0.4 is 5.32 Å². The van der Waals surface area contributed by atoms with Gasteiger partial charge in [-0.1, -0.05) is 17.7 Å². The van der Waals surface area contributed by atoms with E-state index in [-0.39, 0.29) is 12.5 Å². The van der Waals surface area contributed by atoms with Gasteiger partial charge in [0.2, 0.25) is 0 Å². The van der Waals surface area contributed by atoms with Gasteiger partial charge in [0, 0.05) is 23.2 Å². The lowest BCUT2D eigenvalue weighted by Crippen LogP contribution is -2.21. The Hall–Kier alpha value is -3.54. The number of amides is 1. The molecule has 6 heteroatoms. The van der Waals surface area contributed by atoms with Crippen LogP contribution in [0.5, 0.6) is 0 Å². The van der Waals surface area contributed by atoms with Crippen LogP contribution in [0, 0.1) is 34.6 Å². The summed E-state index contributed by atoms with van der Waals surface area (Å²) in [7, 11) is 0. The van der Waals surface area contributed by atoms with Crippen LogP contribution in [0.3, 0.4) is 0 Å². The summed E-state index contributed by atoms with van der Waals surface area (Å²) in [4.78, 5) is 24.3. The number of anilines is 1. The molecule has 0 radical (unpaired) electrons. The second kappa shape index (κ2) is 9.51. The highest BCUT2D eigenvalue weighted by atomic mass is 16.5. The third-order valence-corrected chi connectivity index (χ3v) is 5.19. The molecule has 0 unspecified atom stereocenters. The molecule has 2 aromatic heterocycles. The number of hydrogen-bond acceptors (Lipinski definition) is 4. The second-order valence-electron chi connectivity index (χ2n) is 7.75. The highest BCUT2D eigenvalue weighted by Crippen LogP contribution is 2.22. The molecule has 31 heavy (non-hydrogen) atoms. The zero-order valence-electron chi connectivity index (χ0n) is 18.6. The van der Waals surface area contributed by atoms with E-state index in [0.717, 1.165) is 45.1 Å². The van der Waals surface area contributed by atoms with Gasteiger partial charge in [-0.25, -0.2) is 4.79 Å². The van der Waals surface area contributed by atoms with E-state index in [9.17, 15) is 9.59 Å². The number of aromatic nitrogens is 1. The van der Waals surface area contributed by atoms with Gasteiger partial charge in [0.25, 0.3) is 5.91 Å². The van der Waals surface area contributed by atoms with E-state index in [0.29, 0.717) is 6.54 Å². The molecule has 0 aliphatic carbocycles. The third kappa shape index (κ3) is 5.54. The number of hydrogen-bond donors (Lipinski definition) is 1. The van der Waals surface area contributed by atoms with E-state index in [1.807, 2.05) is 65.0 Å². The molecule has 0 spiro atoms. The molecule has 0 fully saturated rings. The maximum atomic E-state index is 12.2. The molecule has 0 saturated heterocycles. The molecule has 3 aromatic rings. The summed E-state index contributed by atoms with van der Waals surface area (Å²) in [6, 6.07) is 9.78. The molecule has 1 amide bonds. The van der Waals surface area contributed by atoms with Gasteiger partial charge in [-0.3, -0.25) is 4.79 Å². The summed E-state index contributed by atoms with van der Waals surface area (Å²) < 4.78 is 12.6. The normalized spacial score (nSPS) is 11.1. The predicted octanol–water partition coefficient (Wildman–Crippen LogP) is 4.87. The van der Waals surface area contributed by atoms with Crippen molar-refractivity contribution in [2.24, 2.45) is 0 Å². The summed E-state index contributed by atoms with van der Waals surface area (Å²) in [6.07, 6.45) is 4.70. The first-order valence-corrected chi connectivity index (χ1v) is 10.2. The molecule has 0 aliphatic heterocycles. The van der Waals surface area contributed by atoms with Crippen molar-refractivity contribution in [3.8, 4) is 0 Å². The lowest BCUT2D eigenvalue weighted by molar-refractivity contribution is -0.142. The minimum absolute atomic E-state index is 0.340. The monoisotopic (exact) mass is 420 g/mol. The summed E-state index contributed by atoms with van der Waals surface area (Å²) >= 11 is 0. The molecule has 1 aromatic carbocycles. The number of aryl methyl sites for hydroxylation is 4. The van der Waals surface area contributed by atoms with E-state index >= 15 is 0 Å². The van der Waals surface area contributed by atoms with Gasteiger partial charge >= 0.3 is 5.97 Å².